The van der Waals surface area contributed by atoms with Crippen molar-refractivity contribution >= 4 is 17.8 Å². The first kappa shape index (κ1) is 9.12. The van der Waals surface area contributed by atoms with E-state index in [1.807, 2.05) is 0 Å². The second-order valence-electron chi connectivity index (χ2n) is 2.27. The van der Waals surface area contributed by atoms with Gasteiger partial charge in [0.2, 0.25) is 5.78 Å². The van der Waals surface area contributed by atoms with Crippen LogP contribution in [0.5, 0.6) is 0 Å². The van der Waals surface area contributed by atoms with Gasteiger partial charge in [-0.2, -0.15) is 0 Å². The molecule has 0 saturated heterocycles. The maximum absolute atomic E-state index is 10.5. The van der Waals surface area contributed by atoms with Gasteiger partial charge in [-0.25, -0.2) is 0 Å². The van der Waals surface area contributed by atoms with Crippen molar-refractivity contribution in [3.8, 4) is 0 Å². The van der Waals surface area contributed by atoms with Crippen LogP contribution in [0, 0.1) is 0 Å². The van der Waals surface area contributed by atoms with Crippen LogP contribution in [0.4, 0.5) is 0 Å². The van der Waals surface area contributed by atoms with Crippen molar-refractivity contribution < 1.29 is 14.7 Å². The monoisotopic (exact) mass is 176 g/mol. The number of pyridine rings is 1. The molecule has 0 atom stereocenters. The minimum absolute atomic E-state index is 0.664. The number of hydrogen-bond donors (Lipinski definition) is 0. The highest BCUT2D eigenvalue weighted by molar-refractivity contribution is 6.37. The molecule has 0 aromatic carbocycles. The highest BCUT2D eigenvalue weighted by Gasteiger charge is 1.94. The molecule has 1 aromatic rings. The van der Waals surface area contributed by atoms with E-state index in [4.69, 9.17) is 0 Å². The minimum Gasteiger partial charge on any atom is -0.541 e. The SMILES string of the molecule is O=C([O-])C(=O)/C=C/c1cccnc1. The summed E-state index contributed by atoms with van der Waals surface area (Å²) in [5.74, 6) is -2.76. The number of aromatic nitrogens is 1. The molecule has 0 aliphatic rings. The first-order valence-electron chi connectivity index (χ1n) is 3.53. The zero-order valence-electron chi connectivity index (χ0n) is 6.64. The predicted molar refractivity (Wildman–Crippen MR) is 43.3 cm³/mol. The van der Waals surface area contributed by atoms with E-state index in [0.717, 1.165) is 6.08 Å². The molecule has 0 unspecified atom stereocenters. The molecule has 0 saturated carbocycles. The van der Waals surface area contributed by atoms with Crippen LogP contribution < -0.4 is 5.11 Å². The van der Waals surface area contributed by atoms with Crippen molar-refractivity contribution in [3.05, 3.63) is 36.2 Å². The van der Waals surface area contributed by atoms with Gasteiger partial charge in [0.1, 0.15) is 5.97 Å². The van der Waals surface area contributed by atoms with Crippen molar-refractivity contribution in [3.63, 3.8) is 0 Å². The fraction of sp³-hybridized carbons (Fsp3) is 0. The molecule has 0 aliphatic heterocycles. The number of nitrogens with zero attached hydrogens (tertiary/aromatic N) is 1. The van der Waals surface area contributed by atoms with E-state index in [0.29, 0.717) is 5.56 Å². The standard InChI is InChI=1S/C9H7NO3/c11-8(9(12)13)4-3-7-2-1-5-10-6-7/h1-6H,(H,12,13)/p-1/b4-3+. The molecule has 1 aromatic heterocycles. The van der Waals surface area contributed by atoms with Crippen molar-refractivity contribution in [2.24, 2.45) is 0 Å². The maximum Gasteiger partial charge on any atom is 0.201 e. The molecule has 0 aliphatic carbocycles. The Bertz CT molecular complexity index is 343. The summed E-state index contributed by atoms with van der Waals surface area (Å²) in [6.45, 7) is 0. The van der Waals surface area contributed by atoms with Gasteiger partial charge in [-0.1, -0.05) is 6.07 Å². The van der Waals surface area contributed by atoms with E-state index >= 15 is 0 Å². The summed E-state index contributed by atoms with van der Waals surface area (Å²) in [5.41, 5.74) is 0.664. The average Bonchev–Trinajstić information content (AvgIpc) is 2.15. The third-order valence-corrected chi connectivity index (χ3v) is 1.31. The molecular formula is C9H6NO3-. The molecule has 0 fully saturated rings. The van der Waals surface area contributed by atoms with Gasteiger partial charge >= 0.3 is 0 Å². The van der Waals surface area contributed by atoms with Gasteiger partial charge in [0, 0.05) is 12.4 Å². The molecular weight excluding hydrogens is 170 g/mol. The number of hydrogen-bond acceptors (Lipinski definition) is 4. The second-order valence-corrected chi connectivity index (χ2v) is 2.27. The first-order chi connectivity index (χ1) is 6.20. The molecule has 4 heteroatoms. The Morgan fingerprint density at radius 3 is 2.77 bits per heavy atom. The van der Waals surface area contributed by atoms with Crippen molar-refractivity contribution in [1.29, 1.82) is 0 Å². The zero-order chi connectivity index (χ0) is 9.68. The largest absolute Gasteiger partial charge is 0.541 e. The molecule has 66 valence electrons. The summed E-state index contributed by atoms with van der Waals surface area (Å²) < 4.78 is 0. The Morgan fingerprint density at radius 2 is 2.23 bits per heavy atom. The van der Waals surface area contributed by atoms with Gasteiger partial charge in [0.25, 0.3) is 0 Å². The molecule has 0 bridgehead atoms. The minimum atomic E-state index is -1.71. The van der Waals surface area contributed by atoms with Crippen LogP contribution in [0.25, 0.3) is 6.08 Å². The van der Waals surface area contributed by atoms with Crippen molar-refractivity contribution in [2.75, 3.05) is 0 Å². The quantitative estimate of drug-likeness (QED) is 0.456. The summed E-state index contributed by atoms with van der Waals surface area (Å²) >= 11 is 0. The zero-order valence-corrected chi connectivity index (χ0v) is 6.64. The molecule has 13 heavy (non-hydrogen) atoms. The summed E-state index contributed by atoms with van der Waals surface area (Å²) in [4.78, 5) is 24.3. The number of carbonyl (C=O) groups excluding carboxylic acids is 2. The van der Waals surface area contributed by atoms with Gasteiger partial charge in [-0.15, -0.1) is 0 Å². The van der Waals surface area contributed by atoms with Crippen LogP contribution in [0.3, 0.4) is 0 Å². The Kier molecular flexibility index (Phi) is 2.92. The summed E-state index contributed by atoms with van der Waals surface area (Å²) in [6.07, 6.45) is 5.40. The summed E-state index contributed by atoms with van der Waals surface area (Å²) in [7, 11) is 0. The van der Waals surface area contributed by atoms with E-state index in [9.17, 15) is 14.7 Å². The lowest BCUT2D eigenvalue weighted by molar-refractivity contribution is -0.299. The number of ketones is 1. The molecule has 0 amide bonds. The van der Waals surface area contributed by atoms with Crippen LogP contribution >= 0.6 is 0 Å². The first-order valence-corrected chi connectivity index (χ1v) is 3.53. The van der Waals surface area contributed by atoms with E-state index in [-0.39, 0.29) is 0 Å². The maximum atomic E-state index is 10.5. The summed E-state index contributed by atoms with van der Waals surface area (Å²) in [6, 6.07) is 3.38. The second kappa shape index (κ2) is 4.15. The third kappa shape index (κ3) is 2.86. The predicted octanol–water partition coefficient (Wildman–Crippen LogP) is -0.586. The molecule has 1 rings (SSSR count). The molecule has 0 spiro atoms. The highest BCUT2D eigenvalue weighted by Crippen LogP contribution is 1.97. The van der Waals surface area contributed by atoms with Gasteiger partial charge in [0.05, 0.1) is 0 Å². The van der Waals surface area contributed by atoms with Crippen molar-refractivity contribution in [2.45, 2.75) is 0 Å². The van der Waals surface area contributed by atoms with Crippen LogP contribution in [0.1, 0.15) is 5.56 Å². The number of carboxylic acids is 1. The lowest BCUT2D eigenvalue weighted by Gasteiger charge is -1.93. The van der Waals surface area contributed by atoms with Gasteiger partial charge in [-0.3, -0.25) is 9.78 Å². The lowest BCUT2D eigenvalue weighted by atomic mass is 10.2. The highest BCUT2D eigenvalue weighted by atomic mass is 16.4. The molecule has 4 nitrogen and oxygen atoms in total. The summed E-state index contributed by atoms with van der Waals surface area (Å²) in [5, 5.41) is 9.99. The third-order valence-electron chi connectivity index (χ3n) is 1.31. The fourth-order valence-electron chi connectivity index (χ4n) is 0.715. The van der Waals surface area contributed by atoms with Gasteiger partial charge in [-0.05, 0) is 23.8 Å². The van der Waals surface area contributed by atoms with E-state index < -0.39 is 11.8 Å². The van der Waals surface area contributed by atoms with E-state index in [2.05, 4.69) is 4.98 Å². The van der Waals surface area contributed by atoms with E-state index in [1.54, 1.807) is 18.3 Å². The molecule has 1 heterocycles. The van der Waals surface area contributed by atoms with Crippen LogP contribution in [-0.4, -0.2) is 16.7 Å². The van der Waals surface area contributed by atoms with Crippen molar-refractivity contribution in [1.82, 2.24) is 4.98 Å². The van der Waals surface area contributed by atoms with Crippen LogP contribution in [0.15, 0.2) is 30.6 Å². The number of carboxylic acid groups (broad SMARTS) is 1. The smallest absolute Gasteiger partial charge is 0.201 e. The Balaban J connectivity index is 2.70. The van der Waals surface area contributed by atoms with Crippen LogP contribution in [0.2, 0.25) is 0 Å². The number of carbonyl (C=O) groups is 2. The van der Waals surface area contributed by atoms with Crippen LogP contribution in [-0.2, 0) is 9.59 Å². The average molecular weight is 176 g/mol. The lowest BCUT2D eigenvalue weighted by Crippen LogP contribution is -2.29. The normalized spacial score (nSPS) is 10.2. The molecule has 0 radical (unpaired) electrons. The Morgan fingerprint density at radius 1 is 1.46 bits per heavy atom. The van der Waals surface area contributed by atoms with E-state index in [1.165, 1.54) is 12.3 Å². The number of aliphatic carboxylic acids is 1. The topological polar surface area (TPSA) is 70.1 Å². The van der Waals surface area contributed by atoms with Gasteiger partial charge in [0.15, 0.2) is 0 Å². The number of rotatable bonds is 3. The van der Waals surface area contributed by atoms with Gasteiger partial charge < -0.3 is 9.90 Å². The Hall–Kier alpha value is -1.97. The Labute approximate surface area is 74.5 Å². The molecule has 0 N–H and O–H groups in total. The fourth-order valence-corrected chi connectivity index (χ4v) is 0.715.